The van der Waals surface area contributed by atoms with Gasteiger partial charge in [0.15, 0.2) is 0 Å². The van der Waals surface area contributed by atoms with E-state index < -0.39 is 23.5 Å². The zero-order valence-electron chi connectivity index (χ0n) is 22.5. The van der Waals surface area contributed by atoms with Gasteiger partial charge < -0.3 is 21.3 Å². The number of carbonyl (C=O) groups excluding carboxylic acids is 3. The first-order valence-electron chi connectivity index (χ1n) is 13.5. The van der Waals surface area contributed by atoms with E-state index in [2.05, 4.69) is 28.0 Å². The van der Waals surface area contributed by atoms with Gasteiger partial charge >= 0.3 is 6.03 Å². The molecule has 4 amide bonds. The van der Waals surface area contributed by atoms with Crippen molar-refractivity contribution in [3.63, 3.8) is 0 Å². The van der Waals surface area contributed by atoms with Crippen LogP contribution in [0.4, 0.5) is 10.6 Å². The van der Waals surface area contributed by atoms with Crippen molar-refractivity contribution in [2.75, 3.05) is 18.4 Å². The Bertz CT molecular complexity index is 1510. The van der Waals surface area contributed by atoms with E-state index in [9.17, 15) is 14.4 Å². The molecule has 5 heterocycles. The minimum absolute atomic E-state index is 0.0384. The summed E-state index contributed by atoms with van der Waals surface area (Å²) in [5.74, 6) is 1.03. The molecule has 40 heavy (non-hydrogen) atoms. The molecule has 0 aliphatic carbocycles. The van der Waals surface area contributed by atoms with Gasteiger partial charge in [0.05, 0.1) is 23.9 Å². The fourth-order valence-electron chi connectivity index (χ4n) is 5.98. The third-order valence-electron chi connectivity index (χ3n) is 8.58. The second-order valence-electron chi connectivity index (χ2n) is 10.8. The van der Waals surface area contributed by atoms with Crippen molar-refractivity contribution in [3.8, 4) is 22.4 Å². The normalized spacial score (nSPS) is 22.9. The first-order chi connectivity index (χ1) is 19.2. The number of hydrogen-bond donors (Lipinski definition) is 4. The molecule has 0 radical (unpaired) electrons. The average Bonchev–Trinajstić information content (AvgIpc) is 3.53. The standard InChI is InChI=1S/C29H32N8O3/c1-17-25(30)37-26(21(16-32-37)19-8-9-22(31-15-19)18-6-4-3-5-7-18)35-29(17,2)20-10-12-36(13-11-20)24(38)14-23-27(39)34-28(40)33-23/h3-9,15-16,20,23,35H,10-14,30H2,1-2H3,(H2,33,34,39,40). The summed E-state index contributed by atoms with van der Waals surface area (Å²) in [6.45, 7) is 5.31. The number of imide groups is 1. The number of nitrogens with one attached hydrogen (secondary N) is 3. The molecule has 0 spiro atoms. The maximum atomic E-state index is 12.9. The van der Waals surface area contributed by atoms with Gasteiger partial charge in [-0.2, -0.15) is 5.10 Å². The van der Waals surface area contributed by atoms with Gasteiger partial charge in [0.1, 0.15) is 17.7 Å². The highest BCUT2D eigenvalue weighted by atomic mass is 16.2. The van der Waals surface area contributed by atoms with Gasteiger partial charge in [0.2, 0.25) is 5.91 Å². The number of amides is 4. The molecule has 2 unspecified atom stereocenters. The predicted molar refractivity (Wildman–Crippen MR) is 150 cm³/mol. The van der Waals surface area contributed by atoms with Crippen LogP contribution >= 0.6 is 0 Å². The van der Waals surface area contributed by atoms with Crippen molar-refractivity contribution >= 4 is 29.5 Å². The molecule has 5 N–H and O–H groups in total. The third-order valence-corrected chi connectivity index (χ3v) is 8.58. The molecule has 3 aromatic rings. The quantitative estimate of drug-likeness (QED) is 0.364. The van der Waals surface area contributed by atoms with E-state index in [1.54, 1.807) is 9.58 Å². The van der Waals surface area contributed by atoms with Crippen molar-refractivity contribution in [1.29, 1.82) is 0 Å². The second-order valence-corrected chi connectivity index (χ2v) is 10.8. The van der Waals surface area contributed by atoms with E-state index in [-0.39, 0.29) is 18.2 Å². The van der Waals surface area contributed by atoms with Crippen LogP contribution in [0.5, 0.6) is 0 Å². The number of likely N-dealkylation sites (tertiary alicyclic amines) is 1. The maximum Gasteiger partial charge on any atom is 0.322 e. The molecular weight excluding hydrogens is 508 g/mol. The number of urea groups is 1. The van der Waals surface area contributed by atoms with Crippen LogP contribution in [0.1, 0.15) is 33.1 Å². The average molecular weight is 541 g/mol. The number of aromatic nitrogens is 3. The molecule has 3 aliphatic rings. The minimum atomic E-state index is -0.810. The highest BCUT2D eigenvalue weighted by Gasteiger charge is 2.44. The van der Waals surface area contributed by atoms with Gasteiger partial charge in [-0.15, -0.1) is 0 Å². The van der Waals surface area contributed by atoms with Crippen LogP contribution in [0.2, 0.25) is 0 Å². The summed E-state index contributed by atoms with van der Waals surface area (Å²) in [7, 11) is 0. The number of benzene rings is 1. The second kappa shape index (κ2) is 9.82. The molecule has 3 aliphatic heterocycles. The maximum absolute atomic E-state index is 12.9. The number of fused-ring (bicyclic) bond motifs is 1. The molecule has 0 saturated carbocycles. The fourth-order valence-corrected chi connectivity index (χ4v) is 5.98. The molecule has 0 bridgehead atoms. The SMILES string of the molecule is CC1=C(N)n2ncc(-c3ccc(-c4ccccc4)nc3)c2NC1(C)C1CCN(C(=O)CC2NC(=O)NC2=O)CC1. The van der Waals surface area contributed by atoms with Crippen molar-refractivity contribution in [3.05, 3.63) is 60.4 Å². The van der Waals surface area contributed by atoms with Crippen LogP contribution in [0, 0.1) is 5.92 Å². The topological polar surface area (TPSA) is 147 Å². The summed E-state index contributed by atoms with van der Waals surface area (Å²) in [4.78, 5) is 42.6. The zero-order valence-corrected chi connectivity index (χ0v) is 22.5. The summed E-state index contributed by atoms with van der Waals surface area (Å²) < 4.78 is 1.75. The van der Waals surface area contributed by atoms with Gasteiger partial charge in [0, 0.05) is 36.0 Å². The highest BCUT2D eigenvalue weighted by Crippen LogP contribution is 2.44. The van der Waals surface area contributed by atoms with Gasteiger partial charge in [-0.05, 0) is 44.2 Å². The van der Waals surface area contributed by atoms with Crippen molar-refractivity contribution in [2.45, 2.75) is 44.7 Å². The lowest BCUT2D eigenvalue weighted by Crippen LogP contribution is -2.53. The van der Waals surface area contributed by atoms with Crippen LogP contribution in [-0.2, 0) is 9.59 Å². The van der Waals surface area contributed by atoms with E-state index in [4.69, 9.17) is 10.7 Å². The molecule has 1 aromatic carbocycles. The lowest BCUT2D eigenvalue weighted by atomic mass is 9.73. The summed E-state index contributed by atoms with van der Waals surface area (Å²) in [6.07, 6.45) is 5.16. The minimum Gasteiger partial charge on any atom is -0.384 e. The Morgan fingerprint density at radius 3 is 2.48 bits per heavy atom. The zero-order chi connectivity index (χ0) is 28.0. The Labute approximate surface area is 231 Å². The lowest BCUT2D eigenvalue weighted by molar-refractivity contribution is -0.135. The molecule has 11 heteroatoms. The summed E-state index contributed by atoms with van der Waals surface area (Å²) in [5.41, 5.74) is 11.0. The van der Waals surface area contributed by atoms with Gasteiger partial charge in [-0.1, -0.05) is 36.4 Å². The first-order valence-corrected chi connectivity index (χ1v) is 13.5. The Morgan fingerprint density at radius 1 is 1.07 bits per heavy atom. The predicted octanol–water partition coefficient (Wildman–Crippen LogP) is 2.78. The molecule has 6 rings (SSSR count). The summed E-state index contributed by atoms with van der Waals surface area (Å²) in [6, 6.07) is 12.7. The fraction of sp³-hybridized carbons (Fsp3) is 0.345. The van der Waals surface area contributed by atoms with E-state index in [0.29, 0.717) is 18.9 Å². The van der Waals surface area contributed by atoms with Crippen LogP contribution in [0.3, 0.4) is 0 Å². The summed E-state index contributed by atoms with van der Waals surface area (Å²) >= 11 is 0. The number of rotatable bonds is 5. The van der Waals surface area contributed by atoms with Crippen molar-refractivity contribution < 1.29 is 14.4 Å². The number of hydrogen-bond acceptors (Lipinski definition) is 7. The Balaban J connectivity index is 1.18. The van der Waals surface area contributed by atoms with Crippen LogP contribution in [0.15, 0.2) is 60.4 Å². The number of pyridine rings is 1. The van der Waals surface area contributed by atoms with Crippen LogP contribution in [-0.4, -0.2) is 62.2 Å². The van der Waals surface area contributed by atoms with Crippen molar-refractivity contribution in [2.24, 2.45) is 11.7 Å². The number of carbonyl (C=O) groups is 3. The first kappa shape index (κ1) is 25.6. The lowest BCUT2D eigenvalue weighted by Gasteiger charge is -2.46. The highest BCUT2D eigenvalue weighted by molar-refractivity contribution is 6.05. The molecule has 2 aromatic heterocycles. The number of anilines is 1. The van der Waals surface area contributed by atoms with Crippen LogP contribution < -0.4 is 21.7 Å². The molecule has 2 atom stereocenters. The monoisotopic (exact) mass is 540 g/mol. The molecule has 2 fully saturated rings. The largest absolute Gasteiger partial charge is 0.384 e. The van der Waals surface area contributed by atoms with E-state index in [1.165, 1.54) is 0 Å². The van der Waals surface area contributed by atoms with Gasteiger partial charge in [-0.25, -0.2) is 9.48 Å². The molecule has 206 valence electrons. The van der Waals surface area contributed by atoms with E-state index in [0.717, 1.165) is 46.6 Å². The van der Waals surface area contributed by atoms with Gasteiger partial charge in [0.25, 0.3) is 5.91 Å². The Hall–Kier alpha value is -4.67. The molecular formula is C29H32N8O3. The number of nitrogens with two attached hydrogens (primary N) is 1. The van der Waals surface area contributed by atoms with Crippen molar-refractivity contribution in [1.82, 2.24) is 30.3 Å². The summed E-state index contributed by atoms with van der Waals surface area (Å²) in [5, 5.41) is 13.0. The van der Waals surface area contributed by atoms with Gasteiger partial charge in [-0.3, -0.25) is 19.9 Å². The Morgan fingerprint density at radius 2 is 1.82 bits per heavy atom. The molecule has 11 nitrogen and oxygen atoms in total. The molecule has 2 saturated heterocycles. The third kappa shape index (κ3) is 4.37. The Kier molecular flexibility index (Phi) is 6.28. The van der Waals surface area contributed by atoms with Crippen LogP contribution in [0.25, 0.3) is 28.2 Å². The van der Waals surface area contributed by atoms with E-state index >= 15 is 0 Å². The van der Waals surface area contributed by atoms with E-state index in [1.807, 2.05) is 61.8 Å². The number of nitrogens with zero attached hydrogens (tertiary/aromatic N) is 4. The number of piperidine rings is 1. The smallest absolute Gasteiger partial charge is 0.322 e.